The molecule has 102 valence electrons. The van der Waals surface area contributed by atoms with Crippen molar-refractivity contribution in [3.63, 3.8) is 0 Å². The van der Waals surface area contributed by atoms with Gasteiger partial charge in [0.2, 0.25) is 0 Å². The van der Waals surface area contributed by atoms with Crippen molar-refractivity contribution >= 4 is 59.1 Å². The molecule has 0 aliphatic heterocycles. The van der Waals surface area contributed by atoms with Crippen LogP contribution in [0.3, 0.4) is 0 Å². The van der Waals surface area contributed by atoms with Gasteiger partial charge < -0.3 is 5.32 Å². The summed E-state index contributed by atoms with van der Waals surface area (Å²) in [6.45, 7) is 2.85. The van der Waals surface area contributed by atoms with Crippen molar-refractivity contribution in [3.8, 4) is 0 Å². The smallest absolute Gasteiger partial charge is 0.137 e. The second-order valence-electron chi connectivity index (χ2n) is 3.94. The fraction of sp³-hybridized carbons (Fsp3) is 0.231. The summed E-state index contributed by atoms with van der Waals surface area (Å²) in [5.74, 6) is -0.245. The monoisotopic (exact) mass is 469 g/mol. The summed E-state index contributed by atoms with van der Waals surface area (Å²) in [7, 11) is 0. The van der Waals surface area contributed by atoms with E-state index in [9.17, 15) is 4.39 Å². The average molecular weight is 472 g/mol. The summed E-state index contributed by atoms with van der Waals surface area (Å²) < 4.78 is 16.3. The van der Waals surface area contributed by atoms with E-state index in [1.807, 2.05) is 13.0 Å². The zero-order valence-corrected chi connectivity index (χ0v) is 15.6. The Morgan fingerprint density at radius 2 is 2.00 bits per heavy atom. The molecular weight excluding hydrogens is 461 g/mol. The molecule has 0 aliphatic carbocycles. The molecule has 6 heteroatoms. The van der Waals surface area contributed by atoms with Gasteiger partial charge in [0.1, 0.15) is 5.82 Å². The van der Waals surface area contributed by atoms with Crippen LogP contribution in [0.25, 0.3) is 0 Å². The Morgan fingerprint density at radius 1 is 1.26 bits per heavy atom. The lowest BCUT2D eigenvalue weighted by atomic mass is 10.0. The highest BCUT2D eigenvalue weighted by atomic mass is 79.9. The van der Waals surface area contributed by atoms with Crippen LogP contribution in [0.2, 0.25) is 0 Å². The molecule has 0 bridgehead atoms. The maximum absolute atomic E-state index is 13.7. The van der Waals surface area contributed by atoms with Crippen molar-refractivity contribution in [2.24, 2.45) is 0 Å². The van der Waals surface area contributed by atoms with E-state index in [4.69, 9.17) is 0 Å². The topological polar surface area (TPSA) is 12.0 Å². The second-order valence-corrected chi connectivity index (χ2v) is 8.55. The Morgan fingerprint density at radius 3 is 2.53 bits per heavy atom. The van der Waals surface area contributed by atoms with Crippen LogP contribution < -0.4 is 5.32 Å². The van der Waals surface area contributed by atoms with Crippen LogP contribution in [0.4, 0.5) is 4.39 Å². The van der Waals surface area contributed by atoms with Crippen molar-refractivity contribution in [1.82, 2.24) is 5.32 Å². The van der Waals surface area contributed by atoms with Crippen LogP contribution in [0.5, 0.6) is 0 Å². The number of halogens is 4. The molecule has 0 saturated carbocycles. The predicted molar refractivity (Wildman–Crippen MR) is 89.3 cm³/mol. The minimum Gasteiger partial charge on any atom is -0.306 e. The third kappa shape index (κ3) is 3.67. The molecule has 1 atom stereocenters. The van der Waals surface area contributed by atoms with E-state index in [1.165, 1.54) is 0 Å². The van der Waals surface area contributed by atoms with Crippen molar-refractivity contribution in [2.45, 2.75) is 13.0 Å². The standard InChI is InChI=1S/C13H11Br3FNS/c1-2-18-12(8-6-11(15)19-13(8)16)7-3-4-9(14)10(17)5-7/h3-6,12,18H,2H2,1H3. The van der Waals surface area contributed by atoms with Crippen LogP contribution in [0, 0.1) is 5.82 Å². The summed E-state index contributed by atoms with van der Waals surface area (Å²) in [5, 5.41) is 3.39. The SMILES string of the molecule is CCNC(c1ccc(Br)c(F)c1)c1cc(Br)sc1Br. The van der Waals surface area contributed by atoms with Crippen LogP contribution >= 0.6 is 59.1 Å². The molecule has 0 saturated heterocycles. The summed E-state index contributed by atoms with van der Waals surface area (Å²) >= 11 is 11.8. The number of nitrogens with one attached hydrogen (secondary N) is 1. The van der Waals surface area contributed by atoms with E-state index in [1.54, 1.807) is 23.5 Å². The molecule has 2 rings (SSSR count). The lowest BCUT2D eigenvalue weighted by Crippen LogP contribution is -2.22. The molecule has 0 spiro atoms. The van der Waals surface area contributed by atoms with Gasteiger partial charge in [-0.1, -0.05) is 13.0 Å². The van der Waals surface area contributed by atoms with E-state index in [2.05, 4.69) is 59.2 Å². The Balaban J connectivity index is 2.44. The summed E-state index contributed by atoms with van der Waals surface area (Å²) in [6.07, 6.45) is 0. The van der Waals surface area contributed by atoms with Gasteiger partial charge in [0.25, 0.3) is 0 Å². The van der Waals surface area contributed by atoms with E-state index in [0.717, 1.165) is 25.2 Å². The van der Waals surface area contributed by atoms with Crippen molar-refractivity contribution in [3.05, 3.63) is 53.3 Å². The van der Waals surface area contributed by atoms with Gasteiger partial charge in [-0.15, -0.1) is 11.3 Å². The molecule has 0 amide bonds. The molecule has 1 unspecified atom stereocenters. The molecular formula is C13H11Br3FNS. The largest absolute Gasteiger partial charge is 0.306 e. The minimum absolute atomic E-state index is 0.0236. The molecule has 1 aromatic carbocycles. The molecule has 1 heterocycles. The van der Waals surface area contributed by atoms with Gasteiger partial charge in [0.05, 0.1) is 18.1 Å². The van der Waals surface area contributed by atoms with Gasteiger partial charge in [-0.2, -0.15) is 0 Å². The predicted octanol–water partition coefficient (Wildman–Crippen LogP) is 5.87. The van der Waals surface area contributed by atoms with Crippen LogP contribution in [-0.4, -0.2) is 6.54 Å². The van der Waals surface area contributed by atoms with E-state index in [0.29, 0.717) is 4.47 Å². The first-order valence-corrected chi connectivity index (χ1v) is 8.85. The zero-order chi connectivity index (χ0) is 14.0. The quantitative estimate of drug-likeness (QED) is 0.587. The summed E-state index contributed by atoms with van der Waals surface area (Å²) in [6, 6.07) is 7.27. The first-order chi connectivity index (χ1) is 9.02. The van der Waals surface area contributed by atoms with Crippen LogP contribution in [-0.2, 0) is 0 Å². The zero-order valence-electron chi connectivity index (χ0n) is 10.0. The van der Waals surface area contributed by atoms with Crippen molar-refractivity contribution in [2.75, 3.05) is 6.54 Å². The van der Waals surface area contributed by atoms with Crippen molar-refractivity contribution < 1.29 is 4.39 Å². The molecule has 1 aromatic heterocycles. The van der Waals surface area contributed by atoms with E-state index < -0.39 is 0 Å². The lowest BCUT2D eigenvalue weighted by molar-refractivity contribution is 0.599. The normalized spacial score (nSPS) is 12.7. The fourth-order valence-electron chi connectivity index (χ4n) is 1.85. The number of hydrogen-bond donors (Lipinski definition) is 1. The Hall–Kier alpha value is 0.250. The maximum atomic E-state index is 13.7. The molecule has 1 nitrogen and oxygen atoms in total. The molecule has 0 aliphatic rings. The summed E-state index contributed by atoms with van der Waals surface area (Å²) in [4.78, 5) is 0. The molecule has 19 heavy (non-hydrogen) atoms. The molecule has 1 N–H and O–H groups in total. The summed E-state index contributed by atoms with van der Waals surface area (Å²) in [5.41, 5.74) is 2.02. The number of rotatable bonds is 4. The first-order valence-electron chi connectivity index (χ1n) is 5.66. The third-order valence-corrected chi connectivity index (χ3v) is 5.71. The van der Waals surface area contributed by atoms with Crippen molar-refractivity contribution in [1.29, 1.82) is 0 Å². The van der Waals surface area contributed by atoms with Gasteiger partial charge in [-0.25, -0.2) is 4.39 Å². The average Bonchev–Trinajstić information content (AvgIpc) is 2.69. The number of hydrogen-bond acceptors (Lipinski definition) is 2. The number of thiophene rings is 1. The van der Waals surface area contributed by atoms with Gasteiger partial charge in [-0.05, 0) is 83.7 Å². The minimum atomic E-state index is -0.245. The Labute approximate surface area is 141 Å². The van der Waals surface area contributed by atoms with Gasteiger partial charge >= 0.3 is 0 Å². The highest BCUT2D eigenvalue weighted by molar-refractivity contribution is 9.12. The van der Waals surface area contributed by atoms with Crippen LogP contribution in [0.1, 0.15) is 24.1 Å². The lowest BCUT2D eigenvalue weighted by Gasteiger charge is -2.18. The highest BCUT2D eigenvalue weighted by Crippen LogP contribution is 2.38. The van der Waals surface area contributed by atoms with E-state index >= 15 is 0 Å². The molecule has 0 radical (unpaired) electrons. The third-order valence-electron chi connectivity index (χ3n) is 2.68. The Kier molecular flexibility index (Phi) is 5.60. The van der Waals surface area contributed by atoms with Gasteiger partial charge in [0, 0.05) is 0 Å². The van der Waals surface area contributed by atoms with Gasteiger partial charge in [-0.3, -0.25) is 0 Å². The molecule has 0 fully saturated rings. The Bertz CT molecular complexity index is 585. The molecule has 2 aromatic rings. The van der Waals surface area contributed by atoms with Gasteiger partial charge in [0.15, 0.2) is 0 Å². The second kappa shape index (κ2) is 6.80. The fourth-order valence-corrected chi connectivity index (χ4v) is 5.00. The maximum Gasteiger partial charge on any atom is 0.137 e. The first kappa shape index (κ1) is 15.6. The highest BCUT2D eigenvalue weighted by Gasteiger charge is 2.19. The number of benzene rings is 1. The van der Waals surface area contributed by atoms with E-state index in [-0.39, 0.29) is 11.9 Å². The van der Waals surface area contributed by atoms with Crippen LogP contribution in [0.15, 0.2) is 36.3 Å².